The first-order chi connectivity index (χ1) is 13.6. The Morgan fingerprint density at radius 1 is 1.11 bits per heavy atom. The Bertz CT molecular complexity index is 1180. The molecule has 0 amide bonds. The molecule has 4 aromatic rings. The molecule has 140 valence electrons. The summed E-state index contributed by atoms with van der Waals surface area (Å²) in [6.45, 7) is 4.47. The van der Waals surface area contributed by atoms with Crippen LogP contribution in [-0.4, -0.2) is 26.5 Å². The summed E-state index contributed by atoms with van der Waals surface area (Å²) in [4.78, 5) is 16.7. The van der Waals surface area contributed by atoms with Crippen LogP contribution in [0.1, 0.15) is 12.5 Å². The van der Waals surface area contributed by atoms with E-state index in [9.17, 15) is 4.79 Å². The Morgan fingerprint density at radius 2 is 1.96 bits per heavy atom. The molecule has 4 rings (SSSR count). The summed E-state index contributed by atoms with van der Waals surface area (Å²) in [6.07, 6.45) is 1.61. The molecule has 0 aliphatic heterocycles. The third-order valence-corrected chi connectivity index (χ3v) is 4.11. The second kappa shape index (κ2) is 7.48. The molecule has 0 saturated heterocycles. The van der Waals surface area contributed by atoms with Crippen molar-refractivity contribution in [2.24, 2.45) is 0 Å². The molecular weight excluding hydrogens is 356 g/mol. The minimum Gasteiger partial charge on any atom is -0.494 e. The normalized spacial score (nSPS) is 10.8. The lowest BCUT2D eigenvalue weighted by atomic mass is 10.2. The number of nitrogens with zero attached hydrogens (tertiary/aromatic N) is 4. The van der Waals surface area contributed by atoms with Crippen molar-refractivity contribution in [1.29, 1.82) is 0 Å². The Balaban J connectivity index is 1.72. The molecule has 0 spiro atoms. The third kappa shape index (κ3) is 3.55. The molecule has 28 heavy (non-hydrogen) atoms. The molecule has 0 fully saturated rings. The average molecular weight is 374 g/mol. The van der Waals surface area contributed by atoms with E-state index in [1.165, 1.54) is 6.07 Å². The van der Waals surface area contributed by atoms with E-state index in [1.54, 1.807) is 10.9 Å². The van der Waals surface area contributed by atoms with Crippen molar-refractivity contribution in [3.63, 3.8) is 0 Å². The highest BCUT2D eigenvalue weighted by Gasteiger charge is 2.16. The third-order valence-electron chi connectivity index (χ3n) is 4.11. The van der Waals surface area contributed by atoms with Gasteiger partial charge >= 0.3 is 0 Å². The number of rotatable bonds is 5. The van der Waals surface area contributed by atoms with Crippen molar-refractivity contribution in [2.75, 3.05) is 6.61 Å². The van der Waals surface area contributed by atoms with Gasteiger partial charge in [-0.25, -0.2) is 4.68 Å². The second-order valence-corrected chi connectivity index (χ2v) is 6.20. The fourth-order valence-electron chi connectivity index (χ4n) is 2.80. The molecule has 2 aromatic heterocycles. The molecule has 0 atom stereocenters. The smallest absolute Gasteiger partial charge is 0.282 e. The fourth-order valence-corrected chi connectivity index (χ4v) is 2.80. The first-order valence-electron chi connectivity index (χ1n) is 8.88. The topological polar surface area (TPSA) is 83.0 Å². The number of hydrogen-bond acceptors (Lipinski definition) is 6. The maximum absolute atomic E-state index is 12.3. The van der Waals surface area contributed by atoms with Crippen molar-refractivity contribution >= 4 is 0 Å². The largest absolute Gasteiger partial charge is 0.494 e. The number of ether oxygens (including phenoxy) is 1. The molecule has 0 unspecified atom stereocenters. The highest BCUT2D eigenvalue weighted by atomic mass is 16.5. The maximum Gasteiger partial charge on any atom is 0.282 e. The van der Waals surface area contributed by atoms with Gasteiger partial charge in [0, 0.05) is 17.8 Å². The van der Waals surface area contributed by atoms with Crippen molar-refractivity contribution < 1.29 is 9.26 Å². The van der Waals surface area contributed by atoms with Crippen LogP contribution in [0.15, 0.2) is 70.1 Å². The van der Waals surface area contributed by atoms with Gasteiger partial charge < -0.3 is 9.26 Å². The summed E-state index contributed by atoms with van der Waals surface area (Å²) in [5, 5.41) is 8.38. The summed E-state index contributed by atoms with van der Waals surface area (Å²) >= 11 is 0. The lowest BCUT2D eigenvalue weighted by Gasteiger charge is -2.06. The van der Waals surface area contributed by atoms with Gasteiger partial charge in [-0.05, 0) is 43.7 Å². The SMILES string of the molecule is CCOc1cccc(-c2noc(-c3nn(-c4cccc(C)c4)ccc3=O)n2)c1. The van der Waals surface area contributed by atoms with Crippen LogP contribution in [0.5, 0.6) is 5.75 Å². The Hall–Kier alpha value is -3.74. The molecule has 0 N–H and O–H groups in total. The van der Waals surface area contributed by atoms with E-state index < -0.39 is 0 Å². The van der Waals surface area contributed by atoms with E-state index in [0.29, 0.717) is 18.2 Å². The van der Waals surface area contributed by atoms with Crippen molar-refractivity contribution in [3.05, 3.63) is 76.6 Å². The van der Waals surface area contributed by atoms with Gasteiger partial charge in [0.05, 0.1) is 12.3 Å². The van der Waals surface area contributed by atoms with Crippen LogP contribution in [0.25, 0.3) is 28.7 Å². The molecular formula is C21H18N4O3. The first kappa shape index (κ1) is 17.7. The van der Waals surface area contributed by atoms with Gasteiger partial charge in [0.15, 0.2) is 5.69 Å². The number of aromatic nitrogens is 4. The molecule has 2 heterocycles. The van der Waals surface area contributed by atoms with E-state index in [0.717, 1.165) is 16.8 Å². The highest BCUT2D eigenvalue weighted by molar-refractivity contribution is 5.59. The quantitative estimate of drug-likeness (QED) is 0.530. The van der Waals surface area contributed by atoms with Gasteiger partial charge in [-0.3, -0.25) is 4.79 Å². The maximum atomic E-state index is 12.3. The zero-order chi connectivity index (χ0) is 19.5. The van der Waals surface area contributed by atoms with Crippen LogP contribution >= 0.6 is 0 Å². The summed E-state index contributed by atoms with van der Waals surface area (Å²) in [5.41, 5.74) is 2.47. The van der Waals surface area contributed by atoms with Gasteiger partial charge in [-0.1, -0.05) is 29.4 Å². The first-order valence-corrected chi connectivity index (χ1v) is 8.88. The van der Waals surface area contributed by atoms with Crippen LogP contribution in [0.4, 0.5) is 0 Å². The lowest BCUT2D eigenvalue weighted by molar-refractivity contribution is 0.340. The molecule has 0 bridgehead atoms. The molecule has 0 aliphatic carbocycles. The molecule has 2 aromatic carbocycles. The van der Waals surface area contributed by atoms with Crippen LogP contribution in [0.3, 0.4) is 0 Å². The fraction of sp³-hybridized carbons (Fsp3) is 0.143. The van der Waals surface area contributed by atoms with E-state index >= 15 is 0 Å². The van der Waals surface area contributed by atoms with Crippen molar-refractivity contribution in [2.45, 2.75) is 13.8 Å². The van der Waals surface area contributed by atoms with Gasteiger partial charge in [0.25, 0.3) is 5.89 Å². The van der Waals surface area contributed by atoms with Gasteiger partial charge in [-0.15, -0.1) is 0 Å². The molecule has 7 heteroatoms. The van der Waals surface area contributed by atoms with Crippen molar-refractivity contribution in [3.8, 4) is 34.4 Å². The van der Waals surface area contributed by atoms with Gasteiger partial charge in [0.1, 0.15) is 5.75 Å². The summed E-state index contributed by atoms with van der Waals surface area (Å²) in [7, 11) is 0. The summed E-state index contributed by atoms with van der Waals surface area (Å²) in [6, 6.07) is 16.6. The summed E-state index contributed by atoms with van der Waals surface area (Å²) < 4.78 is 12.4. The van der Waals surface area contributed by atoms with Crippen molar-refractivity contribution in [1.82, 2.24) is 19.9 Å². The number of aryl methyl sites for hydroxylation is 1. The number of benzene rings is 2. The zero-order valence-corrected chi connectivity index (χ0v) is 15.5. The molecule has 7 nitrogen and oxygen atoms in total. The predicted molar refractivity (Wildman–Crippen MR) is 104 cm³/mol. The lowest BCUT2D eigenvalue weighted by Crippen LogP contribution is -2.12. The Morgan fingerprint density at radius 3 is 2.79 bits per heavy atom. The summed E-state index contributed by atoms with van der Waals surface area (Å²) in [5.74, 6) is 1.15. The van der Waals surface area contributed by atoms with Gasteiger partial charge in [0.2, 0.25) is 11.3 Å². The van der Waals surface area contributed by atoms with E-state index in [2.05, 4.69) is 15.2 Å². The Kier molecular flexibility index (Phi) is 4.72. The molecule has 0 saturated carbocycles. The van der Waals surface area contributed by atoms with Crippen LogP contribution in [0.2, 0.25) is 0 Å². The Labute approximate surface area is 161 Å². The second-order valence-electron chi connectivity index (χ2n) is 6.20. The monoisotopic (exact) mass is 374 g/mol. The molecule has 0 radical (unpaired) electrons. The average Bonchev–Trinajstić information content (AvgIpc) is 3.19. The van der Waals surface area contributed by atoms with Crippen LogP contribution in [0, 0.1) is 6.92 Å². The zero-order valence-electron chi connectivity index (χ0n) is 15.5. The standard InChI is InChI=1S/C21H18N4O3/c1-3-27-17-9-5-7-15(13-17)20-22-21(28-24-20)19-18(26)10-11-25(23-19)16-8-4-6-14(2)12-16/h4-13H,3H2,1-2H3. The highest BCUT2D eigenvalue weighted by Crippen LogP contribution is 2.23. The molecule has 0 aliphatic rings. The minimum atomic E-state index is -0.290. The minimum absolute atomic E-state index is 0.0730. The van der Waals surface area contributed by atoms with Crippen LogP contribution < -0.4 is 10.2 Å². The number of hydrogen-bond donors (Lipinski definition) is 0. The van der Waals surface area contributed by atoms with Gasteiger partial charge in [-0.2, -0.15) is 10.1 Å². The van der Waals surface area contributed by atoms with E-state index in [-0.39, 0.29) is 17.0 Å². The van der Waals surface area contributed by atoms with E-state index in [1.807, 2.05) is 62.4 Å². The van der Waals surface area contributed by atoms with Crippen LogP contribution in [-0.2, 0) is 0 Å². The van der Waals surface area contributed by atoms with E-state index in [4.69, 9.17) is 9.26 Å². The predicted octanol–water partition coefficient (Wildman–Crippen LogP) is 3.66.